The van der Waals surface area contributed by atoms with E-state index in [0.29, 0.717) is 12.0 Å². The van der Waals surface area contributed by atoms with Gasteiger partial charge in [0.1, 0.15) is 5.82 Å². The Bertz CT molecular complexity index is 436. The molecule has 1 rings (SSSR count). The van der Waals surface area contributed by atoms with Gasteiger partial charge in [0.15, 0.2) is 0 Å². The second-order valence-electron chi connectivity index (χ2n) is 4.14. The van der Waals surface area contributed by atoms with Gasteiger partial charge in [-0.15, -0.1) is 0 Å². The Morgan fingerprint density at radius 2 is 2.18 bits per heavy atom. The summed E-state index contributed by atoms with van der Waals surface area (Å²) in [5.74, 6) is -0.971. The van der Waals surface area contributed by atoms with Gasteiger partial charge in [-0.2, -0.15) is 0 Å². The molecule has 1 N–H and O–H groups in total. The number of aliphatic carboxylic acids is 1. The highest BCUT2D eigenvalue weighted by molar-refractivity contribution is 5.67. The molecule has 2 nitrogen and oxygen atoms in total. The minimum Gasteiger partial charge on any atom is -0.481 e. The first-order valence-electron chi connectivity index (χ1n) is 5.66. The summed E-state index contributed by atoms with van der Waals surface area (Å²) in [6, 6.07) is 5.00. The number of carbonyl (C=O) groups is 1. The molecule has 0 aliphatic heterocycles. The van der Waals surface area contributed by atoms with Gasteiger partial charge in [-0.3, -0.25) is 4.79 Å². The lowest BCUT2D eigenvalue weighted by atomic mass is 10.0. The molecule has 0 amide bonds. The Kier molecular flexibility index (Phi) is 4.88. The van der Waals surface area contributed by atoms with E-state index >= 15 is 0 Å². The van der Waals surface area contributed by atoms with Crippen LogP contribution in [0.2, 0.25) is 0 Å². The van der Waals surface area contributed by atoms with E-state index in [1.165, 1.54) is 6.07 Å². The number of hydrogen-bond acceptors (Lipinski definition) is 1. The molecule has 0 fully saturated rings. The van der Waals surface area contributed by atoms with Gasteiger partial charge in [-0.25, -0.2) is 4.39 Å². The maximum atomic E-state index is 13.1. The van der Waals surface area contributed by atoms with Gasteiger partial charge in [0.25, 0.3) is 0 Å². The number of halogens is 1. The minimum absolute atomic E-state index is 0.187. The lowest BCUT2D eigenvalue weighted by Gasteiger charge is -2.04. The first-order valence-corrected chi connectivity index (χ1v) is 5.66. The van der Waals surface area contributed by atoms with Gasteiger partial charge in [0, 0.05) is 6.42 Å². The number of carboxylic acids is 1. The first-order chi connectivity index (χ1) is 8.00. The van der Waals surface area contributed by atoms with Crippen LogP contribution in [0.25, 0.3) is 5.57 Å². The largest absolute Gasteiger partial charge is 0.481 e. The minimum atomic E-state index is -0.770. The van der Waals surface area contributed by atoms with Crippen molar-refractivity contribution in [2.45, 2.75) is 33.1 Å². The van der Waals surface area contributed by atoms with Crippen LogP contribution in [0.15, 0.2) is 24.3 Å². The van der Waals surface area contributed by atoms with Crippen LogP contribution < -0.4 is 0 Å². The maximum absolute atomic E-state index is 13.1. The maximum Gasteiger partial charge on any atom is 0.303 e. The molecular weight excluding hydrogens is 219 g/mol. The number of aryl methyl sites for hydroxylation is 1. The van der Waals surface area contributed by atoms with Crippen molar-refractivity contribution in [2.75, 3.05) is 0 Å². The predicted molar refractivity (Wildman–Crippen MR) is 66.3 cm³/mol. The summed E-state index contributed by atoms with van der Waals surface area (Å²) in [5.41, 5.74) is 2.67. The van der Waals surface area contributed by atoms with E-state index in [0.717, 1.165) is 17.6 Å². The summed E-state index contributed by atoms with van der Waals surface area (Å²) in [7, 11) is 0. The molecule has 0 aliphatic carbocycles. The fourth-order valence-electron chi connectivity index (χ4n) is 1.58. The van der Waals surface area contributed by atoms with Crippen molar-refractivity contribution in [3.8, 4) is 0 Å². The lowest BCUT2D eigenvalue weighted by molar-refractivity contribution is -0.137. The van der Waals surface area contributed by atoms with Gasteiger partial charge in [-0.05, 0) is 55.5 Å². The number of hydrogen-bond donors (Lipinski definition) is 1. The van der Waals surface area contributed by atoms with E-state index in [1.807, 2.05) is 13.0 Å². The van der Waals surface area contributed by atoms with Gasteiger partial charge in [0.2, 0.25) is 0 Å². The quantitative estimate of drug-likeness (QED) is 0.790. The van der Waals surface area contributed by atoms with E-state index < -0.39 is 5.97 Å². The molecule has 0 aromatic heterocycles. The Morgan fingerprint density at radius 1 is 1.47 bits per heavy atom. The highest BCUT2D eigenvalue weighted by Gasteiger charge is 2.01. The van der Waals surface area contributed by atoms with Crippen LogP contribution in [0.4, 0.5) is 4.39 Å². The van der Waals surface area contributed by atoms with Crippen molar-refractivity contribution in [3.63, 3.8) is 0 Å². The van der Waals surface area contributed by atoms with Crippen LogP contribution in [0.1, 0.15) is 37.3 Å². The average molecular weight is 236 g/mol. The fraction of sp³-hybridized carbons (Fsp3) is 0.357. The zero-order valence-electron chi connectivity index (χ0n) is 10.2. The molecule has 0 heterocycles. The van der Waals surface area contributed by atoms with E-state index in [9.17, 15) is 9.18 Å². The van der Waals surface area contributed by atoms with Crippen LogP contribution in [0.3, 0.4) is 0 Å². The van der Waals surface area contributed by atoms with Crippen LogP contribution in [-0.2, 0) is 4.79 Å². The first kappa shape index (κ1) is 13.4. The van der Waals surface area contributed by atoms with E-state index in [2.05, 4.69) is 0 Å². The van der Waals surface area contributed by atoms with Crippen molar-refractivity contribution < 1.29 is 14.3 Å². The second-order valence-corrected chi connectivity index (χ2v) is 4.14. The van der Waals surface area contributed by atoms with Gasteiger partial charge in [0.05, 0.1) is 0 Å². The second kappa shape index (κ2) is 6.18. The molecule has 0 aliphatic rings. The monoisotopic (exact) mass is 236 g/mol. The molecule has 0 saturated heterocycles. The van der Waals surface area contributed by atoms with Crippen LogP contribution in [0.5, 0.6) is 0 Å². The normalized spacial score (nSPS) is 11.6. The number of benzene rings is 1. The standard InChI is InChI=1S/C14H17FO2/c1-10(5-3-4-6-14(16)17)12-7-8-13(15)11(2)9-12/h5,7-9H,3-4,6H2,1-2H3,(H,16,17)/b10-5+. The molecule has 92 valence electrons. The molecule has 3 heteroatoms. The van der Waals surface area contributed by atoms with Crippen molar-refractivity contribution in [2.24, 2.45) is 0 Å². The molecule has 1 aromatic carbocycles. The molecule has 17 heavy (non-hydrogen) atoms. The van der Waals surface area contributed by atoms with Gasteiger partial charge >= 0.3 is 5.97 Å². The van der Waals surface area contributed by atoms with E-state index in [4.69, 9.17) is 5.11 Å². The Labute approximate surface area is 101 Å². The summed E-state index contributed by atoms with van der Waals surface area (Å²) in [6.07, 6.45) is 3.54. The lowest BCUT2D eigenvalue weighted by Crippen LogP contribution is -1.93. The third kappa shape index (κ3) is 4.39. The summed E-state index contributed by atoms with van der Waals surface area (Å²) in [5, 5.41) is 8.50. The Morgan fingerprint density at radius 3 is 2.76 bits per heavy atom. The Balaban J connectivity index is 2.62. The zero-order chi connectivity index (χ0) is 12.8. The highest BCUT2D eigenvalue weighted by atomic mass is 19.1. The van der Waals surface area contributed by atoms with Gasteiger partial charge < -0.3 is 5.11 Å². The molecule has 0 bridgehead atoms. The molecule has 0 unspecified atom stereocenters. The van der Waals surface area contributed by atoms with Gasteiger partial charge in [-0.1, -0.05) is 12.1 Å². The average Bonchev–Trinajstić information content (AvgIpc) is 2.27. The molecular formula is C14H17FO2. The van der Waals surface area contributed by atoms with E-state index in [-0.39, 0.29) is 12.2 Å². The topological polar surface area (TPSA) is 37.3 Å². The molecule has 0 radical (unpaired) electrons. The summed E-state index contributed by atoms with van der Waals surface area (Å²) in [4.78, 5) is 10.3. The SMILES string of the molecule is C/C(=C\CCCC(=O)O)c1ccc(F)c(C)c1. The van der Waals surface area contributed by atoms with E-state index in [1.54, 1.807) is 19.1 Å². The number of allylic oxidation sites excluding steroid dienone is 2. The van der Waals surface area contributed by atoms with Crippen molar-refractivity contribution in [1.82, 2.24) is 0 Å². The molecule has 0 spiro atoms. The molecule has 0 saturated carbocycles. The summed E-state index contributed by atoms with van der Waals surface area (Å²) < 4.78 is 13.1. The predicted octanol–water partition coefficient (Wildman–Crippen LogP) is 3.79. The third-order valence-corrected chi connectivity index (χ3v) is 2.66. The fourth-order valence-corrected chi connectivity index (χ4v) is 1.58. The number of rotatable bonds is 5. The van der Waals surface area contributed by atoms with Crippen molar-refractivity contribution in [1.29, 1.82) is 0 Å². The van der Waals surface area contributed by atoms with Crippen LogP contribution >= 0.6 is 0 Å². The third-order valence-electron chi connectivity index (χ3n) is 2.66. The van der Waals surface area contributed by atoms with Crippen LogP contribution in [-0.4, -0.2) is 11.1 Å². The summed E-state index contributed by atoms with van der Waals surface area (Å²) in [6.45, 7) is 3.68. The molecule has 1 aromatic rings. The molecule has 0 atom stereocenters. The summed E-state index contributed by atoms with van der Waals surface area (Å²) >= 11 is 0. The number of unbranched alkanes of at least 4 members (excludes halogenated alkanes) is 1. The Hall–Kier alpha value is -1.64. The highest BCUT2D eigenvalue weighted by Crippen LogP contribution is 2.18. The zero-order valence-corrected chi connectivity index (χ0v) is 10.2. The smallest absolute Gasteiger partial charge is 0.303 e. The number of carboxylic acid groups (broad SMARTS) is 1. The van der Waals surface area contributed by atoms with Crippen LogP contribution in [0, 0.1) is 12.7 Å². The van der Waals surface area contributed by atoms with Crippen molar-refractivity contribution in [3.05, 3.63) is 41.2 Å². The van der Waals surface area contributed by atoms with Crippen molar-refractivity contribution >= 4 is 11.5 Å².